The molecule has 0 aliphatic carbocycles. The van der Waals surface area contributed by atoms with Crippen LogP contribution in [0.15, 0.2) is 12.7 Å². The summed E-state index contributed by atoms with van der Waals surface area (Å²) in [5, 5.41) is 9.45. The molecule has 2 heteroatoms. The molecule has 0 aliphatic heterocycles. The second kappa shape index (κ2) is 5.33. The maximum Gasteiger partial charge on any atom is 0.0696 e. The summed E-state index contributed by atoms with van der Waals surface area (Å²) in [4.78, 5) is 0. The lowest BCUT2D eigenvalue weighted by Crippen LogP contribution is -2.34. The molecule has 0 saturated heterocycles. The van der Waals surface area contributed by atoms with E-state index in [0.29, 0.717) is 12.3 Å². The summed E-state index contributed by atoms with van der Waals surface area (Å²) in [5.74, 6) is 0.501. The van der Waals surface area contributed by atoms with E-state index in [1.165, 1.54) is 0 Å². The van der Waals surface area contributed by atoms with Gasteiger partial charge in [0, 0.05) is 6.04 Å². The Balaban J connectivity index is 3.62. The number of hydrogen-bond acceptors (Lipinski definition) is 2. The average Bonchev–Trinajstić information content (AvgIpc) is 1.86. The summed E-state index contributed by atoms with van der Waals surface area (Å²) >= 11 is 0. The van der Waals surface area contributed by atoms with E-state index >= 15 is 0 Å². The van der Waals surface area contributed by atoms with Crippen LogP contribution in [-0.4, -0.2) is 17.3 Å². The highest BCUT2D eigenvalue weighted by molar-refractivity contribution is 4.81. The van der Waals surface area contributed by atoms with Gasteiger partial charge in [-0.15, -0.1) is 6.58 Å². The molecule has 0 bridgehead atoms. The van der Waals surface area contributed by atoms with Gasteiger partial charge in [-0.05, 0) is 18.8 Å². The molecular formula is C9H19NO. The Kier molecular flexibility index (Phi) is 5.16. The average molecular weight is 157 g/mol. The molecule has 0 aromatic carbocycles. The van der Waals surface area contributed by atoms with E-state index in [9.17, 15) is 5.11 Å². The molecule has 0 spiro atoms. The maximum atomic E-state index is 9.45. The Morgan fingerprint density at radius 3 is 2.45 bits per heavy atom. The zero-order valence-electron chi connectivity index (χ0n) is 7.46. The highest BCUT2D eigenvalue weighted by atomic mass is 16.3. The highest BCUT2D eigenvalue weighted by Crippen LogP contribution is 2.08. The van der Waals surface area contributed by atoms with Gasteiger partial charge in [-0.1, -0.05) is 19.9 Å². The van der Waals surface area contributed by atoms with Gasteiger partial charge in [0.1, 0.15) is 0 Å². The molecule has 0 aromatic rings. The summed E-state index contributed by atoms with van der Waals surface area (Å²) in [6.45, 7) is 7.72. The van der Waals surface area contributed by atoms with Crippen LogP contribution in [0.4, 0.5) is 0 Å². The van der Waals surface area contributed by atoms with Crippen LogP contribution in [0.1, 0.15) is 26.7 Å². The van der Waals surface area contributed by atoms with E-state index in [1.54, 1.807) is 6.08 Å². The summed E-state index contributed by atoms with van der Waals surface area (Å²) in [5.41, 5.74) is 5.65. The van der Waals surface area contributed by atoms with Crippen molar-refractivity contribution in [2.24, 2.45) is 11.7 Å². The fraction of sp³-hybridized carbons (Fsp3) is 0.778. The molecular weight excluding hydrogens is 138 g/mol. The molecule has 11 heavy (non-hydrogen) atoms. The van der Waals surface area contributed by atoms with Crippen LogP contribution in [0.5, 0.6) is 0 Å². The Morgan fingerprint density at radius 1 is 1.55 bits per heavy atom. The summed E-state index contributed by atoms with van der Waals surface area (Å²) < 4.78 is 0. The molecule has 0 aromatic heterocycles. The largest absolute Gasteiger partial charge is 0.391 e. The molecule has 2 atom stereocenters. The van der Waals surface area contributed by atoms with Crippen LogP contribution in [-0.2, 0) is 0 Å². The Bertz CT molecular complexity index is 112. The van der Waals surface area contributed by atoms with E-state index in [0.717, 1.165) is 6.42 Å². The smallest absolute Gasteiger partial charge is 0.0696 e. The molecule has 2 nitrogen and oxygen atoms in total. The number of rotatable bonds is 5. The third-order valence-corrected chi connectivity index (χ3v) is 1.65. The molecule has 0 rings (SSSR count). The number of hydrogen-bond donors (Lipinski definition) is 2. The molecule has 66 valence electrons. The predicted octanol–water partition coefficient (Wildman–Crippen LogP) is 1.30. The van der Waals surface area contributed by atoms with Crippen molar-refractivity contribution < 1.29 is 5.11 Å². The van der Waals surface area contributed by atoms with Crippen LogP contribution in [0, 0.1) is 5.92 Å². The predicted molar refractivity (Wildman–Crippen MR) is 48.3 cm³/mol. The molecule has 0 radical (unpaired) electrons. The number of aliphatic hydroxyl groups is 1. The van der Waals surface area contributed by atoms with Gasteiger partial charge in [0.15, 0.2) is 0 Å². The van der Waals surface area contributed by atoms with Crippen LogP contribution < -0.4 is 5.73 Å². The van der Waals surface area contributed by atoms with Crippen LogP contribution in [0.2, 0.25) is 0 Å². The SMILES string of the molecule is C=CC[C@H](N)[C@H](O)CC(C)C. The lowest BCUT2D eigenvalue weighted by atomic mass is 9.99. The van der Waals surface area contributed by atoms with E-state index in [1.807, 2.05) is 0 Å². The fourth-order valence-electron chi connectivity index (χ4n) is 1.01. The summed E-state index contributed by atoms with van der Waals surface area (Å²) in [7, 11) is 0. The van der Waals surface area contributed by atoms with Crippen molar-refractivity contribution in [2.45, 2.75) is 38.8 Å². The summed E-state index contributed by atoms with van der Waals surface area (Å²) in [6, 6.07) is -0.144. The van der Waals surface area contributed by atoms with Crippen LogP contribution in [0.3, 0.4) is 0 Å². The molecule has 3 N–H and O–H groups in total. The Labute approximate surface area is 69.1 Å². The van der Waals surface area contributed by atoms with Crippen LogP contribution >= 0.6 is 0 Å². The third-order valence-electron chi connectivity index (χ3n) is 1.65. The van der Waals surface area contributed by atoms with Crippen molar-refractivity contribution in [1.29, 1.82) is 0 Å². The topological polar surface area (TPSA) is 46.2 Å². The van der Waals surface area contributed by atoms with Crippen molar-refractivity contribution >= 4 is 0 Å². The lowest BCUT2D eigenvalue weighted by Gasteiger charge is -2.18. The van der Waals surface area contributed by atoms with Gasteiger partial charge in [0.25, 0.3) is 0 Å². The van der Waals surface area contributed by atoms with Crippen molar-refractivity contribution in [2.75, 3.05) is 0 Å². The van der Waals surface area contributed by atoms with Crippen molar-refractivity contribution in [3.05, 3.63) is 12.7 Å². The van der Waals surface area contributed by atoms with Crippen LogP contribution in [0.25, 0.3) is 0 Å². The van der Waals surface area contributed by atoms with E-state index < -0.39 is 0 Å². The molecule has 0 heterocycles. The maximum absolute atomic E-state index is 9.45. The molecule has 0 amide bonds. The molecule has 0 unspecified atom stereocenters. The highest BCUT2D eigenvalue weighted by Gasteiger charge is 2.13. The zero-order valence-corrected chi connectivity index (χ0v) is 7.46. The van der Waals surface area contributed by atoms with Gasteiger partial charge >= 0.3 is 0 Å². The zero-order chi connectivity index (χ0) is 8.85. The second-order valence-corrected chi connectivity index (χ2v) is 3.39. The van der Waals surface area contributed by atoms with Gasteiger partial charge < -0.3 is 10.8 Å². The number of aliphatic hydroxyl groups excluding tert-OH is 1. The minimum atomic E-state index is -0.381. The second-order valence-electron chi connectivity index (χ2n) is 3.39. The van der Waals surface area contributed by atoms with Gasteiger partial charge in [0.2, 0.25) is 0 Å². The van der Waals surface area contributed by atoms with Gasteiger partial charge in [-0.2, -0.15) is 0 Å². The quantitative estimate of drug-likeness (QED) is 0.591. The van der Waals surface area contributed by atoms with Gasteiger partial charge in [-0.3, -0.25) is 0 Å². The minimum Gasteiger partial charge on any atom is -0.391 e. The normalized spacial score (nSPS) is 16.5. The van der Waals surface area contributed by atoms with Crippen molar-refractivity contribution in [1.82, 2.24) is 0 Å². The molecule has 0 saturated carbocycles. The van der Waals surface area contributed by atoms with Crippen molar-refractivity contribution in [3.8, 4) is 0 Å². The number of nitrogens with two attached hydrogens (primary N) is 1. The first-order valence-corrected chi connectivity index (χ1v) is 4.12. The first-order chi connectivity index (χ1) is 5.07. The third kappa shape index (κ3) is 4.99. The van der Waals surface area contributed by atoms with E-state index in [-0.39, 0.29) is 12.1 Å². The van der Waals surface area contributed by atoms with Gasteiger partial charge in [-0.25, -0.2) is 0 Å². The van der Waals surface area contributed by atoms with Crippen molar-refractivity contribution in [3.63, 3.8) is 0 Å². The van der Waals surface area contributed by atoms with E-state index in [2.05, 4.69) is 20.4 Å². The fourth-order valence-corrected chi connectivity index (χ4v) is 1.01. The van der Waals surface area contributed by atoms with E-state index in [4.69, 9.17) is 5.73 Å². The Hall–Kier alpha value is -0.340. The molecule has 0 fully saturated rings. The monoisotopic (exact) mass is 157 g/mol. The van der Waals surface area contributed by atoms with Gasteiger partial charge in [0.05, 0.1) is 6.10 Å². The Morgan fingerprint density at radius 2 is 2.09 bits per heavy atom. The first kappa shape index (κ1) is 10.7. The molecule has 0 aliphatic rings. The summed E-state index contributed by atoms with van der Waals surface area (Å²) in [6.07, 6.45) is 2.82. The minimum absolute atomic E-state index is 0.144. The first-order valence-electron chi connectivity index (χ1n) is 4.12. The lowest BCUT2D eigenvalue weighted by molar-refractivity contribution is 0.121. The standard InChI is InChI=1S/C9H19NO/c1-4-5-8(10)9(11)6-7(2)3/h4,7-9,11H,1,5-6,10H2,2-3H3/t8-,9+/m0/s1.